The normalized spacial score (nSPS) is 12.5. The summed E-state index contributed by atoms with van der Waals surface area (Å²) in [7, 11) is -18.6. The summed E-state index contributed by atoms with van der Waals surface area (Å²) in [6.45, 7) is -1.55. The fourth-order valence-corrected chi connectivity index (χ4v) is 8.85. The molecule has 4 aromatic carbocycles. The Bertz CT molecular complexity index is 3330. The third kappa shape index (κ3) is 17.2. The van der Waals surface area contributed by atoms with Gasteiger partial charge in [0.05, 0.1) is 57.4 Å². The first kappa shape index (κ1) is 61.5. The average molecular weight is 1120 g/mol. The van der Waals surface area contributed by atoms with Crippen LogP contribution < -0.4 is 101 Å². The molecule has 2 heterocycles. The Hall–Kier alpha value is -5.08. The number of benzene rings is 4. The second kappa shape index (κ2) is 26.6. The average Bonchev–Trinajstić information content (AvgIpc) is 3.30. The van der Waals surface area contributed by atoms with Gasteiger partial charge in [-0.05, 0) is 83.9 Å². The zero-order chi connectivity index (χ0) is 52.4. The molecule has 0 spiro atoms. The summed E-state index contributed by atoms with van der Waals surface area (Å²) in [6.07, 6.45) is 2.15. The number of H-pyrrole nitrogens is 2. The van der Waals surface area contributed by atoms with E-state index in [0.717, 1.165) is 24.3 Å². The maximum atomic E-state index is 12.7. The maximum Gasteiger partial charge on any atom is 1.00 e. The Morgan fingerprint density at radius 3 is 1.14 bits per heavy atom. The van der Waals surface area contributed by atoms with Gasteiger partial charge in [0.15, 0.2) is 0 Å². The SMILES string of the molecule is NS(=O)(=O)c1ccc(Nc2nc(N(CCO)CCO)[nH]c(=Nc3ccc(/C=C/c4ccc(N=c5nc(Nc6ccc(S(N)(=O)=O)cc6)nc(N(CCO)CCO)[nH]5)cc4S(=O)(=O)[O-])c(S(=O)(=O)[O-])c3)n2)cc1.[Na+].[Na+]. The van der Waals surface area contributed by atoms with Gasteiger partial charge in [0.25, 0.3) is 0 Å². The number of nitrogens with one attached hydrogen (secondary N) is 4. The molecule has 74 heavy (non-hydrogen) atoms. The van der Waals surface area contributed by atoms with E-state index in [9.17, 15) is 63.2 Å². The largest absolute Gasteiger partial charge is 1.00 e. The first-order valence-corrected chi connectivity index (χ1v) is 26.6. The Morgan fingerprint density at radius 2 is 0.851 bits per heavy atom. The topological polar surface area (TPSA) is 454 Å². The molecule has 0 atom stereocenters. The van der Waals surface area contributed by atoms with Crippen LogP contribution in [0.2, 0.25) is 0 Å². The van der Waals surface area contributed by atoms with Crippen LogP contribution in [0.15, 0.2) is 114 Å². The molecule has 0 amide bonds. The van der Waals surface area contributed by atoms with E-state index in [4.69, 9.17) is 10.3 Å². The minimum absolute atomic E-state index is 0. The number of aromatic amines is 2. The van der Waals surface area contributed by atoms with Gasteiger partial charge < -0.3 is 50.0 Å². The summed E-state index contributed by atoms with van der Waals surface area (Å²) in [5, 5.41) is 54.8. The van der Waals surface area contributed by atoms with Crippen molar-refractivity contribution in [3.05, 3.63) is 107 Å². The van der Waals surface area contributed by atoms with E-state index >= 15 is 0 Å². The minimum atomic E-state index is -5.29. The number of anilines is 6. The number of nitrogens with zero attached hydrogens (tertiary/aromatic N) is 8. The Balaban J connectivity index is 0.00000593. The molecule has 0 aliphatic carbocycles. The molecule has 384 valence electrons. The van der Waals surface area contributed by atoms with Crippen LogP contribution in [0.25, 0.3) is 12.2 Å². The molecule has 2 aromatic heterocycles. The van der Waals surface area contributed by atoms with Crippen molar-refractivity contribution in [1.82, 2.24) is 29.9 Å². The van der Waals surface area contributed by atoms with Crippen molar-refractivity contribution in [2.75, 3.05) is 73.0 Å². The van der Waals surface area contributed by atoms with E-state index in [1.807, 2.05) is 0 Å². The van der Waals surface area contributed by atoms with Gasteiger partial charge in [0.2, 0.25) is 55.1 Å². The standard InChI is InChI=1S/C40H46N14O14S4.2Na/c41-69(59,60)31-11-7-27(8-12-31)43-35-47-37(51-39(49-35)53(15-19-55)16-20-56)45-29-5-3-25(33(23-29)71(63,64)65)1-2-26-4-6-30(24-34(26)72(66,67)68)46-38-48-36(50-40(52-38)54(17-21-57)18-22-58)44-28-9-13-32(14-10-28)70(42,61)62;;/h1-14,23-24,55-58H,15-22H2,(H2,41,59,60)(H2,42,61,62)(H,63,64,65)(H,66,67,68)(H2,43,45,47,49,51)(H2,44,46,48,50,52);;/q;2*+1/p-2/b2-1+;;. The zero-order valence-electron chi connectivity index (χ0n) is 39.1. The molecule has 12 N–H and O–H groups in total. The van der Waals surface area contributed by atoms with E-state index < -0.39 is 50.1 Å². The van der Waals surface area contributed by atoms with Gasteiger partial charge in [0.1, 0.15) is 20.2 Å². The minimum Gasteiger partial charge on any atom is -0.744 e. The van der Waals surface area contributed by atoms with Crippen LogP contribution in [-0.4, -0.2) is 146 Å². The second-order valence-corrected chi connectivity index (χ2v) is 20.6. The molecule has 0 fully saturated rings. The van der Waals surface area contributed by atoms with Crippen LogP contribution in [0.4, 0.5) is 46.5 Å². The van der Waals surface area contributed by atoms with Crippen LogP contribution in [0.3, 0.4) is 0 Å². The van der Waals surface area contributed by atoms with E-state index in [0.29, 0.717) is 11.4 Å². The number of aliphatic hydroxyl groups excluding tert-OH is 4. The molecule has 0 aliphatic rings. The molecular formula is C40H44N14Na2O14S4. The third-order valence-electron chi connectivity index (χ3n) is 9.70. The molecule has 28 nitrogen and oxygen atoms in total. The monoisotopic (exact) mass is 1120 g/mol. The molecular weight excluding hydrogens is 1070 g/mol. The second-order valence-electron chi connectivity index (χ2n) is 14.8. The number of aliphatic hydroxyl groups is 4. The number of aromatic nitrogens is 6. The smallest absolute Gasteiger partial charge is 0.744 e. The summed E-state index contributed by atoms with van der Waals surface area (Å²) in [4.78, 5) is 32.4. The van der Waals surface area contributed by atoms with E-state index in [1.54, 1.807) is 0 Å². The predicted molar refractivity (Wildman–Crippen MR) is 256 cm³/mol. The van der Waals surface area contributed by atoms with Gasteiger partial charge in [-0.3, -0.25) is 9.97 Å². The van der Waals surface area contributed by atoms with E-state index in [-0.39, 0.29) is 179 Å². The van der Waals surface area contributed by atoms with Crippen molar-refractivity contribution in [3.8, 4) is 0 Å². The van der Waals surface area contributed by atoms with Gasteiger partial charge >= 0.3 is 59.1 Å². The molecule has 0 aliphatic heterocycles. The van der Waals surface area contributed by atoms with Crippen LogP contribution in [0.1, 0.15) is 11.1 Å². The van der Waals surface area contributed by atoms with E-state index in [2.05, 4.69) is 50.5 Å². The number of rotatable bonds is 22. The quantitative estimate of drug-likeness (QED) is 0.0171. The molecule has 6 aromatic rings. The summed E-state index contributed by atoms with van der Waals surface area (Å²) in [5.74, 6) is -0.232. The molecule has 0 radical (unpaired) electrons. The van der Waals surface area contributed by atoms with Crippen molar-refractivity contribution in [2.24, 2.45) is 20.3 Å². The van der Waals surface area contributed by atoms with Crippen LogP contribution in [0, 0.1) is 0 Å². The van der Waals surface area contributed by atoms with Crippen molar-refractivity contribution >= 4 is 99.0 Å². The Labute approximate surface area is 467 Å². The van der Waals surface area contributed by atoms with Crippen LogP contribution >= 0.6 is 0 Å². The number of nitrogens with two attached hydrogens (primary N) is 2. The van der Waals surface area contributed by atoms with Crippen molar-refractivity contribution in [3.63, 3.8) is 0 Å². The van der Waals surface area contributed by atoms with Crippen molar-refractivity contribution < 1.29 is 122 Å². The first-order valence-electron chi connectivity index (χ1n) is 20.6. The van der Waals surface area contributed by atoms with Crippen molar-refractivity contribution in [1.29, 1.82) is 0 Å². The van der Waals surface area contributed by atoms with Crippen LogP contribution in [-0.2, 0) is 40.3 Å². The van der Waals surface area contributed by atoms with E-state index in [1.165, 1.54) is 82.6 Å². The molecule has 0 saturated heterocycles. The van der Waals surface area contributed by atoms with Gasteiger partial charge in [0, 0.05) is 37.6 Å². The number of primary sulfonamides is 2. The van der Waals surface area contributed by atoms with Crippen LogP contribution in [0.5, 0.6) is 0 Å². The number of hydrogen-bond donors (Lipinski definition) is 10. The first-order chi connectivity index (χ1) is 34.0. The summed E-state index contributed by atoms with van der Waals surface area (Å²) < 4.78 is 123. The Morgan fingerprint density at radius 1 is 0.527 bits per heavy atom. The third-order valence-corrected chi connectivity index (χ3v) is 13.3. The molecule has 0 saturated carbocycles. The summed E-state index contributed by atoms with van der Waals surface area (Å²) in [5.41, 5.74) is -0.654. The van der Waals surface area contributed by atoms with Crippen molar-refractivity contribution in [2.45, 2.75) is 19.6 Å². The summed E-state index contributed by atoms with van der Waals surface area (Å²) in [6, 6.07) is 17.1. The molecule has 0 bridgehead atoms. The molecule has 0 unspecified atom stereocenters. The predicted octanol–water partition coefficient (Wildman–Crippen LogP) is -7.26. The number of hydrogen-bond acceptors (Lipinski definition) is 24. The fraction of sp³-hybridized carbons (Fsp3) is 0.200. The molecule has 6 rings (SSSR count). The zero-order valence-corrected chi connectivity index (χ0v) is 46.4. The van der Waals surface area contributed by atoms with Gasteiger partial charge in [-0.1, -0.05) is 24.3 Å². The van der Waals surface area contributed by atoms with Gasteiger partial charge in [-0.15, -0.1) is 0 Å². The summed E-state index contributed by atoms with van der Waals surface area (Å²) >= 11 is 0. The maximum absolute atomic E-state index is 12.7. The number of sulfonamides is 2. The van der Waals surface area contributed by atoms with Gasteiger partial charge in [-0.2, -0.15) is 19.9 Å². The fourth-order valence-electron chi connectivity index (χ4n) is 6.44. The Kier molecular flexibility index (Phi) is 22.1. The van der Waals surface area contributed by atoms with Gasteiger partial charge in [-0.25, -0.2) is 53.9 Å². The molecule has 34 heteroatoms.